The molecule has 0 N–H and O–H groups in total. The van der Waals surface area contributed by atoms with Crippen LogP contribution < -0.4 is 4.74 Å². The SMILES string of the molecule is COc1c(C)cccc1C1CCc2cccn2-c2ccc(Cl)cc21. The third-order valence-corrected chi connectivity index (χ3v) is 5.20. The predicted octanol–water partition coefficient (Wildman–Crippen LogP) is 5.53. The second-order valence-electron chi connectivity index (χ2n) is 6.36. The minimum absolute atomic E-state index is 0.272. The maximum Gasteiger partial charge on any atom is 0.125 e. The van der Waals surface area contributed by atoms with Gasteiger partial charge in [-0.15, -0.1) is 0 Å². The molecule has 0 radical (unpaired) electrons. The average Bonchev–Trinajstić information content (AvgIpc) is 2.98. The van der Waals surface area contributed by atoms with Gasteiger partial charge in [-0.1, -0.05) is 29.8 Å². The van der Waals surface area contributed by atoms with E-state index in [0.717, 1.165) is 23.6 Å². The lowest BCUT2D eigenvalue weighted by Crippen LogP contribution is -2.06. The first-order chi connectivity index (χ1) is 11.7. The summed E-state index contributed by atoms with van der Waals surface area (Å²) in [7, 11) is 1.75. The largest absolute Gasteiger partial charge is 0.496 e. The molecular formula is C21H20ClNO. The summed E-state index contributed by atoms with van der Waals surface area (Å²) in [5, 5.41) is 0.779. The first kappa shape index (κ1) is 15.3. The average molecular weight is 338 g/mol. The van der Waals surface area contributed by atoms with Crippen LogP contribution in [0, 0.1) is 6.92 Å². The van der Waals surface area contributed by atoms with E-state index >= 15 is 0 Å². The minimum atomic E-state index is 0.272. The second kappa shape index (κ2) is 6.03. The first-order valence-electron chi connectivity index (χ1n) is 8.28. The minimum Gasteiger partial charge on any atom is -0.496 e. The van der Waals surface area contributed by atoms with Gasteiger partial charge in [0.2, 0.25) is 0 Å². The van der Waals surface area contributed by atoms with Gasteiger partial charge in [0, 0.05) is 34.1 Å². The van der Waals surface area contributed by atoms with Crippen LogP contribution in [-0.4, -0.2) is 11.7 Å². The van der Waals surface area contributed by atoms with Gasteiger partial charge in [0.1, 0.15) is 5.75 Å². The van der Waals surface area contributed by atoms with Crippen LogP contribution in [0.25, 0.3) is 5.69 Å². The number of hydrogen-bond acceptors (Lipinski definition) is 1. The Balaban J connectivity index is 1.94. The summed E-state index contributed by atoms with van der Waals surface area (Å²) in [6.07, 6.45) is 4.20. The van der Waals surface area contributed by atoms with Crippen LogP contribution in [0.5, 0.6) is 5.75 Å². The van der Waals surface area contributed by atoms with E-state index in [1.54, 1.807) is 7.11 Å². The number of aryl methyl sites for hydroxylation is 2. The molecule has 1 aromatic heterocycles. The van der Waals surface area contributed by atoms with E-state index in [4.69, 9.17) is 16.3 Å². The zero-order valence-corrected chi connectivity index (χ0v) is 14.7. The topological polar surface area (TPSA) is 14.2 Å². The van der Waals surface area contributed by atoms with Gasteiger partial charge in [0.25, 0.3) is 0 Å². The van der Waals surface area contributed by atoms with Gasteiger partial charge < -0.3 is 9.30 Å². The highest BCUT2D eigenvalue weighted by molar-refractivity contribution is 6.30. The zero-order chi connectivity index (χ0) is 16.7. The van der Waals surface area contributed by atoms with Gasteiger partial charge in [-0.2, -0.15) is 0 Å². The fraction of sp³-hybridized carbons (Fsp3) is 0.238. The highest BCUT2D eigenvalue weighted by Gasteiger charge is 2.26. The molecule has 24 heavy (non-hydrogen) atoms. The van der Waals surface area contributed by atoms with Crippen molar-refractivity contribution in [1.29, 1.82) is 0 Å². The van der Waals surface area contributed by atoms with E-state index in [2.05, 4.69) is 60.2 Å². The zero-order valence-electron chi connectivity index (χ0n) is 13.9. The number of fused-ring (bicyclic) bond motifs is 3. The molecule has 0 saturated carbocycles. The Morgan fingerprint density at radius 3 is 2.79 bits per heavy atom. The van der Waals surface area contributed by atoms with Crippen LogP contribution in [0.1, 0.15) is 34.7 Å². The van der Waals surface area contributed by atoms with Crippen molar-refractivity contribution in [2.24, 2.45) is 0 Å². The van der Waals surface area contributed by atoms with Crippen LogP contribution >= 0.6 is 11.6 Å². The van der Waals surface area contributed by atoms with Crippen molar-refractivity contribution in [2.75, 3.05) is 7.11 Å². The summed E-state index contributed by atoms with van der Waals surface area (Å²) >= 11 is 6.35. The van der Waals surface area contributed by atoms with Crippen LogP contribution in [0.15, 0.2) is 54.7 Å². The Hall–Kier alpha value is -2.19. The van der Waals surface area contributed by atoms with Crippen molar-refractivity contribution in [1.82, 2.24) is 4.57 Å². The number of methoxy groups -OCH3 is 1. The van der Waals surface area contributed by atoms with Crippen LogP contribution in [0.3, 0.4) is 0 Å². The fourth-order valence-electron chi connectivity index (χ4n) is 3.88. The lowest BCUT2D eigenvalue weighted by molar-refractivity contribution is 0.403. The third kappa shape index (κ3) is 2.42. The van der Waals surface area contributed by atoms with Crippen LogP contribution in [0.4, 0.5) is 0 Å². The number of aromatic nitrogens is 1. The number of halogens is 1. The van der Waals surface area contributed by atoms with Crippen LogP contribution in [0.2, 0.25) is 5.02 Å². The van der Waals surface area contributed by atoms with Crippen molar-refractivity contribution >= 4 is 11.6 Å². The predicted molar refractivity (Wildman–Crippen MR) is 98.7 cm³/mol. The molecule has 1 atom stereocenters. The number of nitrogens with zero attached hydrogens (tertiary/aromatic N) is 1. The molecule has 2 heterocycles. The Morgan fingerprint density at radius 2 is 1.96 bits per heavy atom. The highest BCUT2D eigenvalue weighted by Crippen LogP contribution is 2.42. The summed E-state index contributed by atoms with van der Waals surface area (Å²) in [5.41, 5.74) is 6.23. The molecule has 3 heteroatoms. The number of ether oxygens (including phenoxy) is 1. The van der Waals surface area contributed by atoms with Crippen molar-refractivity contribution < 1.29 is 4.74 Å². The van der Waals surface area contributed by atoms with Gasteiger partial charge in [-0.25, -0.2) is 0 Å². The molecule has 3 aromatic rings. The monoisotopic (exact) mass is 337 g/mol. The number of benzene rings is 2. The van der Waals surface area contributed by atoms with Crippen molar-refractivity contribution in [3.8, 4) is 11.4 Å². The molecule has 1 aliphatic rings. The quantitative estimate of drug-likeness (QED) is 0.600. The molecule has 0 fully saturated rings. The lowest BCUT2D eigenvalue weighted by Gasteiger charge is -2.22. The molecular weight excluding hydrogens is 318 g/mol. The molecule has 0 saturated heterocycles. The molecule has 2 nitrogen and oxygen atoms in total. The van der Waals surface area contributed by atoms with Crippen molar-refractivity contribution in [2.45, 2.75) is 25.7 Å². The first-order valence-corrected chi connectivity index (χ1v) is 8.66. The molecule has 0 aliphatic carbocycles. The molecule has 4 rings (SSSR count). The molecule has 122 valence electrons. The highest BCUT2D eigenvalue weighted by atomic mass is 35.5. The molecule has 1 unspecified atom stereocenters. The van der Waals surface area contributed by atoms with Crippen molar-refractivity contribution in [3.63, 3.8) is 0 Å². The Morgan fingerprint density at radius 1 is 1.08 bits per heavy atom. The summed E-state index contributed by atoms with van der Waals surface area (Å²) < 4.78 is 8.02. The molecule has 0 bridgehead atoms. The van der Waals surface area contributed by atoms with E-state index in [1.807, 2.05) is 6.07 Å². The van der Waals surface area contributed by atoms with E-state index in [-0.39, 0.29) is 5.92 Å². The van der Waals surface area contributed by atoms with E-state index in [9.17, 15) is 0 Å². The molecule has 1 aliphatic heterocycles. The number of para-hydroxylation sites is 1. The molecule has 0 spiro atoms. The molecule has 0 amide bonds. The van der Waals surface area contributed by atoms with Gasteiger partial charge in [-0.05, 0) is 61.2 Å². The van der Waals surface area contributed by atoms with Crippen LogP contribution in [-0.2, 0) is 6.42 Å². The Bertz CT molecular complexity index is 897. The standard InChI is InChI=1S/C21H20ClNO/c1-14-5-3-7-18(21(14)24-2)17-10-9-16-6-4-12-23(16)20-11-8-15(22)13-19(17)20/h3-8,11-13,17H,9-10H2,1-2H3. The van der Waals surface area contributed by atoms with Gasteiger partial charge in [0.05, 0.1) is 7.11 Å². The van der Waals surface area contributed by atoms with Gasteiger partial charge >= 0.3 is 0 Å². The lowest BCUT2D eigenvalue weighted by atomic mass is 9.85. The summed E-state index contributed by atoms with van der Waals surface area (Å²) in [5.74, 6) is 1.26. The Kier molecular flexibility index (Phi) is 3.85. The number of hydrogen-bond donors (Lipinski definition) is 0. The maximum atomic E-state index is 6.35. The molecule has 2 aromatic carbocycles. The third-order valence-electron chi connectivity index (χ3n) is 4.97. The smallest absolute Gasteiger partial charge is 0.125 e. The summed E-state index contributed by atoms with van der Waals surface area (Å²) in [6, 6.07) is 16.9. The summed E-state index contributed by atoms with van der Waals surface area (Å²) in [4.78, 5) is 0. The van der Waals surface area contributed by atoms with Gasteiger partial charge in [-0.3, -0.25) is 0 Å². The van der Waals surface area contributed by atoms with E-state index < -0.39 is 0 Å². The van der Waals surface area contributed by atoms with E-state index in [0.29, 0.717) is 0 Å². The number of rotatable bonds is 2. The van der Waals surface area contributed by atoms with Gasteiger partial charge in [0.15, 0.2) is 0 Å². The maximum absolute atomic E-state index is 6.35. The normalized spacial score (nSPS) is 16.2. The fourth-order valence-corrected chi connectivity index (χ4v) is 4.06. The second-order valence-corrected chi connectivity index (χ2v) is 6.80. The van der Waals surface area contributed by atoms with E-state index in [1.165, 1.54) is 28.1 Å². The van der Waals surface area contributed by atoms with Crippen molar-refractivity contribution in [3.05, 3.63) is 82.1 Å². The Labute approximate surface area is 147 Å². The summed E-state index contributed by atoms with van der Waals surface area (Å²) in [6.45, 7) is 2.10.